The van der Waals surface area contributed by atoms with Gasteiger partial charge in [0.2, 0.25) is 0 Å². The predicted octanol–water partition coefficient (Wildman–Crippen LogP) is 8.26. The summed E-state index contributed by atoms with van der Waals surface area (Å²) in [6, 6.07) is 7.54. The van der Waals surface area contributed by atoms with Gasteiger partial charge in [-0.1, -0.05) is 0 Å². The minimum atomic E-state index is -2.56. The van der Waals surface area contributed by atoms with E-state index in [1.807, 2.05) is 26.0 Å². The van der Waals surface area contributed by atoms with Crippen molar-refractivity contribution in [2.75, 3.05) is 26.0 Å². The maximum absolute atomic E-state index is 12.3. The number of esters is 2. The molecular formula is C36H40Cl2N4O4. The molecule has 0 atom stereocenters. The van der Waals surface area contributed by atoms with Gasteiger partial charge in [-0.25, -0.2) is 9.97 Å². The number of ether oxygens (including phenoxy) is 2. The van der Waals surface area contributed by atoms with Crippen LogP contribution in [0.4, 0.5) is 0 Å². The summed E-state index contributed by atoms with van der Waals surface area (Å²) < 4.78 is 35.6. The van der Waals surface area contributed by atoms with Crippen LogP contribution in [0.5, 0.6) is 0 Å². The number of aromatic nitrogens is 4. The van der Waals surface area contributed by atoms with Gasteiger partial charge in [0.05, 0.1) is 37.0 Å². The average molecular weight is 667 g/mol. The molecule has 2 aliphatic rings. The smallest absolute Gasteiger partial charge is 0.305 e. The third kappa shape index (κ3) is 6.65. The molecule has 2 aliphatic heterocycles. The first-order valence-corrected chi connectivity index (χ1v) is 16.3. The van der Waals surface area contributed by atoms with E-state index in [0.717, 1.165) is 55.6 Å². The lowest BCUT2D eigenvalue weighted by Crippen LogP contribution is -2.02. The number of hydrogen-bond donors (Lipinski definition) is 2. The summed E-state index contributed by atoms with van der Waals surface area (Å²) in [5, 5.41) is 0. The summed E-state index contributed by atoms with van der Waals surface area (Å²) in [5.74, 6) is -0.0384. The minimum absolute atomic E-state index is 0.0350. The van der Waals surface area contributed by atoms with Crippen molar-refractivity contribution in [3.63, 3.8) is 0 Å². The molecule has 0 aromatic carbocycles. The summed E-state index contributed by atoms with van der Waals surface area (Å²) in [6.07, 6.45) is 1.74. The third-order valence-electron chi connectivity index (χ3n) is 8.82. The van der Waals surface area contributed by atoms with Crippen molar-refractivity contribution < 1.29 is 23.2 Å². The highest BCUT2D eigenvalue weighted by Gasteiger charge is 2.22. The monoisotopic (exact) mass is 665 g/mol. The summed E-state index contributed by atoms with van der Waals surface area (Å²) in [6.45, 7) is 3.46. The topological polar surface area (TPSA) is 110 Å². The van der Waals surface area contributed by atoms with Crippen LogP contribution < -0.4 is 0 Å². The summed E-state index contributed by atoms with van der Waals surface area (Å²) in [7, 11) is 2.65. The molecule has 0 spiro atoms. The van der Waals surface area contributed by atoms with Crippen LogP contribution in [0.15, 0.2) is 24.3 Å². The van der Waals surface area contributed by atoms with Crippen molar-refractivity contribution in [3.05, 3.63) is 69.3 Å². The van der Waals surface area contributed by atoms with E-state index in [4.69, 9.17) is 46.8 Å². The van der Waals surface area contributed by atoms with Crippen LogP contribution in [0.25, 0.3) is 44.4 Å². The van der Waals surface area contributed by atoms with Gasteiger partial charge < -0.3 is 19.4 Å². The zero-order chi connectivity index (χ0) is 35.6. The number of hydrogen-bond acceptors (Lipinski definition) is 6. The van der Waals surface area contributed by atoms with Gasteiger partial charge in [0.15, 0.2) is 0 Å². The van der Waals surface area contributed by atoms with E-state index in [1.54, 1.807) is 12.1 Å². The molecule has 46 heavy (non-hydrogen) atoms. The molecule has 8 bridgehead atoms. The molecule has 0 radical (unpaired) electrons. The molecule has 5 heterocycles. The van der Waals surface area contributed by atoms with E-state index in [9.17, 15) is 9.59 Å². The van der Waals surface area contributed by atoms with Crippen molar-refractivity contribution >= 4 is 79.5 Å². The fourth-order valence-electron chi connectivity index (χ4n) is 6.15. The van der Waals surface area contributed by atoms with Crippen molar-refractivity contribution in [1.82, 2.24) is 19.9 Å². The molecule has 8 nitrogen and oxygen atoms in total. The fraction of sp³-hybridized carbons (Fsp3) is 0.389. The van der Waals surface area contributed by atoms with E-state index in [2.05, 4.69) is 16.9 Å². The lowest BCUT2D eigenvalue weighted by atomic mass is 9.99. The Labute approximate surface area is 283 Å². The predicted molar refractivity (Wildman–Crippen MR) is 187 cm³/mol. The van der Waals surface area contributed by atoms with Gasteiger partial charge in [-0.2, -0.15) is 0 Å². The Kier molecular flexibility index (Phi) is 9.15. The molecule has 3 aromatic heterocycles. The Bertz CT molecular complexity index is 2040. The quantitative estimate of drug-likeness (QED) is 0.167. The minimum Gasteiger partial charge on any atom is -0.469 e. The van der Waals surface area contributed by atoms with E-state index in [1.165, 1.54) is 14.2 Å². The Morgan fingerprint density at radius 3 is 1.74 bits per heavy atom. The average Bonchev–Trinajstić information content (AvgIpc) is 3.73. The number of nitrogens with one attached hydrogen (secondary N) is 2. The van der Waals surface area contributed by atoms with Crippen LogP contribution in [0.2, 0.25) is 0 Å². The first-order valence-electron chi connectivity index (χ1n) is 16.7. The number of allylic oxidation sites excluding steroid dienone is 4. The van der Waals surface area contributed by atoms with Crippen LogP contribution >= 0.6 is 23.2 Å². The molecule has 0 fully saturated rings. The maximum Gasteiger partial charge on any atom is 0.305 e. The van der Waals surface area contributed by atoms with Crippen LogP contribution in [-0.2, 0) is 31.9 Å². The van der Waals surface area contributed by atoms with Gasteiger partial charge in [-0.15, -0.1) is 23.2 Å². The Morgan fingerprint density at radius 2 is 1.17 bits per heavy atom. The fourth-order valence-corrected chi connectivity index (χ4v) is 6.53. The second-order valence-corrected chi connectivity index (χ2v) is 12.2. The molecule has 0 aliphatic carbocycles. The second kappa shape index (κ2) is 14.3. The zero-order valence-corrected chi connectivity index (χ0v) is 28.3. The van der Waals surface area contributed by atoms with Crippen LogP contribution in [0.3, 0.4) is 0 Å². The highest BCUT2D eigenvalue weighted by atomic mass is 35.5. The largest absolute Gasteiger partial charge is 0.469 e. The molecular weight excluding hydrogens is 623 g/mol. The molecule has 10 heteroatoms. The van der Waals surface area contributed by atoms with E-state index in [0.29, 0.717) is 53.5 Å². The highest BCUT2D eigenvalue weighted by Crippen LogP contribution is 2.38. The number of fused-ring (bicyclic) bond motifs is 8. The molecule has 3 aromatic rings. The first kappa shape index (κ1) is 29.5. The molecule has 0 saturated carbocycles. The molecule has 242 valence electrons. The molecule has 5 rings (SSSR count). The van der Waals surface area contributed by atoms with E-state index in [-0.39, 0.29) is 36.5 Å². The Balaban J connectivity index is 1.96. The van der Waals surface area contributed by atoms with Crippen molar-refractivity contribution in [1.29, 1.82) is 0 Å². The number of rotatable bonds is 10. The lowest BCUT2D eigenvalue weighted by molar-refractivity contribution is -0.141. The van der Waals surface area contributed by atoms with Gasteiger partial charge >= 0.3 is 11.9 Å². The Hall–Kier alpha value is -3.88. The van der Waals surface area contributed by atoms with Gasteiger partial charge in [0.1, 0.15) is 0 Å². The number of H-pyrrole nitrogens is 2. The molecule has 0 unspecified atom stereocenters. The van der Waals surface area contributed by atoms with Gasteiger partial charge in [-0.05, 0) is 122 Å². The highest BCUT2D eigenvalue weighted by molar-refractivity contribution is 6.18. The van der Waals surface area contributed by atoms with Gasteiger partial charge in [0, 0.05) is 50.8 Å². The maximum atomic E-state index is 12.3. The zero-order valence-electron chi connectivity index (χ0n) is 29.7. The lowest BCUT2D eigenvalue weighted by Gasteiger charge is -2.05. The van der Waals surface area contributed by atoms with Crippen LogP contribution in [0, 0.1) is 13.8 Å². The number of nitrogens with zero attached hydrogens (tertiary/aromatic N) is 2. The standard InChI is InChI=1S/C36H40Cl2N4O4/c1-19-23(7-9-35(43)45-5)33-18-34-24(8-10-36(44)46-6)20(2)29(42-34)16-32-26(12-14-38)22(4)30(41-32)17-31-25(11-13-37)21(3)28(39-31)15-27(19)40-33/h15-18,39-40H,7-14H2,1-6H3/i2D3. The number of carbonyl (C=O) groups is 2. The normalized spacial score (nSPS) is 14.3. The van der Waals surface area contributed by atoms with Crippen molar-refractivity contribution in [2.24, 2.45) is 0 Å². The van der Waals surface area contributed by atoms with Crippen molar-refractivity contribution in [2.45, 2.75) is 66.1 Å². The number of aromatic amines is 2. The van der Waals surface area contributed by atoms with E-state index >= 15 is 0 Å². The molecule has 0 saturated heterocycles. The second-order valence-electron chi connectivity index (χ2n) is 11.4. The number of halogens is 2. The third-order valence-corrected chi connectivity index (χ3v) is 9.20. The first-order chi connectivity index (χ1) is 23.3. The van der Waals surface area contributed by atoms with Crippen molar-refractivity contribution in [3.8, 4) is 0 Å². The van der Waals surface area contributed by atoms with Gasteiger partial charge in [-0.3, -0.25) is 9.59 Å². The number of methoxy groups -OCH3 is 2. The molecule has 2 N–H and O–H groups in total. The van der Waals surface area contributed by atoms with Crippen LogP contribution in [0.1, 0.15) is 88.6 Å². The van der Waals surface area contributed by atoms with Crippen LogP contribution in [-0.4, -0.2) is 57.9 Å². The summed E-state index contributed by atoms with van der Waals surface area (Å²) in [5.41, 5.74) is 11.4. The Morgan fingerprint density at radius 1 is 0.674 bits per heavy atom. The number of carbonyl (C=O) groups excluding carboxylic acids is 2. The summed E-state index contributed by atoms with van der Waals surface area (Å²) >= 11 is 12.5. The van der Waals surface area contributed by atoms with Gasteiger partial charge in [0.25, 0.3) is 0 Å². The van der Waals surface area contributed by atoms with E-state index < -0.39 is 12.8 Å². The number of alkyl halides is 2. The SMILES string of the molecule is [2H]C([2H])([2H])C1=C(CCC(=O)OC)c2cc3[nH]c(cc4[nH]c(cc5nc(cc1n2)C(CCCl)=C5C)c(CCCl)c4C)c(C)c3CCC(=O)OC. The number of aryl methyl sites for hydroxylation is 4. The summed E-state index contributed by atoms with van der Waals surface area (Å²) in [4.78, 5) is 41.6. The molecule has 0 amide bonds.